The van der Waals surface area contributed by atoms with Gasteiger partial charge in [-0.25, -0.2) is 0 Å². The number of ketones is 1. The van der Waals surface area contributed by atoms with Crippen molar-refractivity contribution in [2.75, 3.05) is 0 Å². The number of unbranched alkanes of at least 4 members (excludes halogenated alkanes) is 5. The lowest BCUT2D eigenvalue weighted by Crippen LogP contribution is -1.92. The first kappa shape index (κ1) is 14.7. The molecule has 0 aliphatic rings. The lowest BCUT2D eigenvalue weighted by molar-refractivity contribution is -0.114. The molecule has 0 fully saturated rings. The maximum atomic E-state index is 11.6. The minimum absolute atomic E-state index is 0.194. The Morgan fingerprint density at radius 2 is 1.89 bits per heavy atom. The first-order valence-electron chi connectivity index (χ1n) is 6.99. The van der Waals surface area contributed by atoms with Gasteiger partial charge in [0, 0.05) is 6.42 Å². The number of carbonyl (C=O) groups excluding carboxylic acids is 1. The first-order valence-corrected chi connectivity index (χ1v) is 6.99. The predicted octanol–water partition coefficient (Wildman–Crippen LogP) is 4.92. The number of carbonyl (C=O) groups is 1. The molecule has 18 heavy (non-hydrogen) atoms. The fraction of sp³-hybridized carbons (Fsp3) is 0.562. The Morgan fingerprint density at radius 3 is 2.56 bits per heavy atom. The molecule has 0 N–H and O–H groups in total. The van der Waals surface area contributed by atoms with Gasteiger partial charge in [-0.1, -0.05) is 39.0 Å². The second-order valence-corrected chi connectivity index (χ2v) is 4.77. The number of aryl methyl sites for hydroxylation is 1. The molecular formula is C16H24O2. The van der Waals surface area contributed by atoms with Crippen LogP contribution < -0.4 is 0 Å². The molecule has 1 aromatic heterocycles. The summed E-state index contributed by atoms with van der Waals surface area (Å²) in [6, 6.07) is 3.78. The summed E-state index contributed by atoms with van der Waals surface area (Å²) in [5.41, 5.74) is 0. The summed E-state index contributed by atoms with van der Waals surface area (Å²) in [5.74, 6) is 1.82. The van der Waals surface area contributed by atoms with Gasteiger partial charge in [0.25, 0.3) is 0 Å². The fourth-order valence-corrected chi connectivity index (χ4v) is 1.88. The van der Waals surface area contributed by atoms with Crippen LogP contribution in [0.15, 0.2) is 22.6 Å². The van der Waals surface area contributed by atoms with Gasteiger partial charge in [-0.2, -0.15) is 0 Å². The van der Waals surface area contributed by atoms with Crippen molar-refractivity contribution >= 4 is 11.9 Å². The SMILES string of the molecule is CCCCCCCCC(=O)/C=C/c1ccc(C)o1. The lowest BCUT2D eigenvalue weighted by Gasteiger charge is -1.98. The molecule has 0 amide bonds. The highest BCUT2D eigenvalue weighted by Crippen LogP contribution is 2.10. The molecule has 0 aliphatic heterocycles. The van der Waals surface area contributed by atoms with E-state index in [0.717, 1.165) is 17.9 Å². The second kappa shape index (κ2) is 8.73. The van der Waals surface area contributed by atoms with Crippen LogP contribution in [0.1, 0.15) is 63.4 Å². The molecule has 0 aromatic carbocycles. The van der Waals surface area contributed by atoms with Crippen LogP contribution in [0.25, 0.3) is 6.08 Å². The number of hydrogen-bond acceptors (Lipinski definition) is 2. The van der Waals surface area contributed by atoms with Crippen molar-refractivity contribution in [3.05, 3.63) is 29.7 Å². The Labute approximate surface area is 110 Å². The van der Waals surface area contributed by atoms with Gasteiger partial charge in [-0.3, -0.25) is 4.79 Å². The van der Waals surface area contributed by atoms with Crippen LogP contribution in [-0.4, -0.2) is 5.78 Å². The standard InChI is InChI=1S/C16H24O2/c1-3-4-5-6-7-8-9-15(17)11-13-16-12-10-14(2)18-16/h10-13H,3-9H2,1-2H3/b13-11+. The first-order chi connectivity index (χ1) is 8.72. The van der Waals surface area contributed by atoms with Crippen LogP contribution in [0.5, 0.6) is 0 Å². The van der Waals surface area contributed by atoms with Crippen LogP contribution >= 0.6 is 0 Å². The summed E-state index contributed by atoms with van der Waals surface area (Å²) < 4.78 is 5.36. The summed E-state index contributed by atoms with van der Waals surface area (Å²) in [6.07, 6.45) is 11.3. The van der Waals surface area contributed by atoms with Crippen molar-refractivity contribution in [1.82, 2.24) is 0 Å². The molecule has 100 valence electrons. The van der Waals surface area contributed by atoms with E-state index < -0.39 is 0 Å². The van der Waals surface area contributed by atoms with Gasteiger partial charge >= 0.3 is 0 Å². The summed E-state index contributed by atoms with van der Waals surface area (Å²) in [4.78, 5) is 11.6. The molecule has 2 nitrogen and oxygen atoms in total. The molecule has 0 radical (unpaired) electrons. The number of hydrogen-bond donors (Lipinski definition) is 0. The summed E-state index contributed by atoms with van der Waals surface area (Å²) in [5, 5.41) is 0. The maximum Gasteiger partial charge on any atom is 0.155 e. The average Bonchev–Trinajstić information content (AvgIpc) is 2.77. The highest BCUT2D eigenvalue weighted by Gasteiger charge is 1.98. The number of rotatable bonds is 9. The largest absolute Gasteiger partial charge is 0.462 e. The highest BCUT2D eigenvalue weighted by atomic mass is 16.3. The summed E-state index contributed by atoms with van der Waals surface area (Å²) in [7, 11) is 0. The van der Waals surface area contributed by atoms with Crippen LogP contribution in [0.4, 0.5) is 0 Å². The molecule has 1 rings (SSSR count). The summed E-state index contributed by atoms with van der Waals surface area (Å²) >= 11 is 0. The normalized spacial score (nSPS) is 11.2. The number of allylic oxidation sites excluding steroid dienone is 1. The van der Waals surface area contributed by atoms with Crippen LogP contribution in [-0.2, 0) is 4.79 Å². The molecule has 0 spiro atoms. The van der Waals surface area contributed by atoms with Crippen molar-refractivity contribution in [2.24, 2.45) is 0 Å². The van der Waals surface area contributed by atoms with Crippen molar-refractivity contribution in [3.63, 3.8) is 0 Å². The van der Waals surface area contributed by atoms with Gasteiger partial charge in [-0.15, -0.1) is 0 Å². The lowest BCUT2D eigenvalue weighted by atomic mass is 10.1. The van der Waals surface area contributed by atoms with E-state index in [9.17, 15) is 4.79 Å². The van der Waals surface area contributed by atoms with Crippen molar-refractivity contribution in [3.8, 4) is 0 Å². The molecule has 2 heteroatoms. The smallest absolute Gasteiger partial charge is 0.155 e. The quantitative estimate of drug-likeness (QED) is 0.458. The topological polar surface area (TPSA) is 30.2 Å². The van der Waals surface area contributed by atoms with E-state index in [4.69, 9.17) is 4.42 Å². The van der Waals surface area contributed by atoms with E-state index in [1.807, 2.05) is 19.1 Å². The fourth-order valence-electron chi connectivity index (χ4n) is 1.88. The third-order valence-electron chi connectivity index (χ3n) is 2.97. The Hall–Kier alpha value is -1.31. The third kappa shape index (κ3) is 6.43. The zero-order valence-corrected chi connectivity index (χ0v) is 11.6. The van der Waals surface area contributed by atoms with E-state index in [1.54, 1.807) is 12.2 Å². The third-order valence-corrected chi connectivity index (χ3v) is 2.97. The van der Waals surface area contributed by atoms with Crippen LogP contribution in [0.3, 0.4) is 0 Å². The Balaban J connectivity index is 2.12. The minimum atomic E-state index is 0.194. The highest BCUT2D eigenvalue weighted by molar-refractivity contribution is 5.93. The molecule has 1 heterocycles. The van der Waals surface area contributed by atoms with Crippen LogP contribution in [0, 0.1) is 6.92 Å². The average molecular weight is 248 g/mol. The van der Waals surface area contributed by atoms with Crippen molar-refractivity contribution in [1.29, 1.82) is 0 Å². The van der Waals surface area contributed by atoms with E-state index in [-0.39, 0.29) is 5.78 Å². The van der Waals surface area contributed by atoms with E-state index in [1.165, 1.54) is 32.1 Å². The van der Waals surface area contributed by atoms with E-state index >= 15 is 0 Å². The van der Waals surface area contributed by atoms with Crippen LogP contribution in [0.2, 0.25) is 0 Å². The number of furan rings is 1. The van der Waals surface area contributed by atoms with Gasteiger partial charge in [-0.05, 0) is 37.6 Å². The second-order valence-electron chi connectivity index (χ2n) is 4.77. The van der Waals surface area contributed by atoms with Gasteiger partial charge in [0.2, 0.25) is 0 Å². The minimum Gasteiger partial charge on any atom is -0.462 e. The van der Waals surface area contributed by atoms with Crippen molar-refractivity contribution in [2.45, 2.75) is 58.8 Å². The predicted molar refractivity (Wildman–Crippen MR) is 75.5 cm³/mol. The Kier molecular flexibility index (Phi) is 7.16. The van der Waals surface area contributed by atoms with Gasteiger partial charge in [0.1, 0.15) is 11.5 Å². The Morgan fingerprint density at radius 1 is 1.17 bits per heavy atom. The molecule has 0 unspecified atom stereocenters. The van der Waals surface area contributed by atoms with E-state index in [2.05, 4.69) is 6.92 Å². The molecule has 1 aromatic rings. The molecule has 0 bridgehead atoms. The van der Waals surface area contributed by atoms with E-state index in [0.29, 0.717) is 6.42 Å². The van der Waals surface area contributed by atoms with Gasteiger partial charge in [0.05, 0.1) is 0 Å². The molecule has 0 saturated carbocycles. The zero-order valence-electron chi connectivity index (χ0n) is 11.6. The molecule has 0 atom stereocenters. The molecule has 0 saturated heterocycles. The monoisotopic (exact) mass is 248 g/mol. The van der Waals surface area contributed by atoms with Crippen molar-refractivity contribution < 1.29 is 9.21 Å². The molecule has 0 aliphatic carbocycles. The summed E-state index contributed by atoms with van der Waals surface area (Å²) in [6.45, 7) is 4.11. The van der Waals surface area contributed by atoms with Gasteiger partial charge < -0.3 is 4.42 Å². The Bertz CT molecular complexity index is 374. The maximum absolute atomic E-state index is 11.6. The molecular weight excluding hydrogens is 224 g/mol. The zero-order chi connectivity index (χ0) is 13.2. The van der Waals surface area contributed by atoms with Gasteiger partial charge in [0.15, 0.2) is 5.78 Å².